The van der Waals surface area contributed by atoms with Gasteiger partial charge >= 0.3 is 6.09 Å². The molecule has 0 aromatic carbocycles. The van der Waals surface area contributed by atoms with E-state index in [1.54, 1.807) is 0 Å². The third-order valence-electron chi connectivity index (χ3n) is 3.29. The molecule has 0 radical (unpaired) electrons. The van der Waals surface area contributed by atoms with Crippen LogP contribution in [0.25, 0.3) is 0 Å². The van der Waals surface area contributed by atoms with Crippen molar-refractivity contribution in [3.63, 3.8) is 0 Å². The minimum absolute atomic E-state index is 0.0516. The molecule has 1 unspecified atom stereocenters. The molecule has 1 amide bonds. The van der Waals surface area contributed by atoms with Crippen molar-refractivity contribution in [3.8, 4) is 0 Å². The van der Waals surface area contributed by atoms with Gasteiger partial charge < -0.3 is 14.8 Å². The maximum atomic E-state index is 11.1. The summed E-state index contributed by atoms with van der Waals surface area (Å²) in [5.74, 6) is 0. The maximum Gasteiger partial charge on any atom is 0.407 e. The van der Waals surface area contributed by atoms with Crippen LogP contribution in [0.2, 0.25) is 0 Å². The lowest BCUT2D eigenvalue weighted by Crippen LogP contribution is -2.48. The molecule has 4 nitrogen and oxygen atoms in total. The molecule has 0 spiro atoms. The van der Waals surface area contributed by atoms with Crippen molar-refractivity contribution in [1.82, 2.24) is 5.32 Å². The molecular weight excluding hydrogens is 194 g/mol. The van der Waals surface area contributed by atoms with E-state index in [1.165, 1.54) is 7.11 Å². The van der Waals surface area contributed by atoms with Gasteiger partial charge in [0, 0.05) is 12.6 Å². The summed E-state index contributed by atoms with van der Waals surface area (Å²) in [6.45, 7) is 4.98. The van der Waals surface area contributed by atoms with E-state index in [2.05, 4.69) is 23.9 Å². The van der Waals surface area contributed by atoms with Gasteiger partial charge in [-0.1, -0.05) is 13.8 Å². The van der Waals surface area contributed by atoms with E-state index < -0.39 is 0 Å². The zero-order valence-corrected chi connectivity index (χ0v) is 9.84. The van der Waals surface area contributed by atoms with E-state index in [-0.39, 0.29) is 17.7 Å². The standard InChI is InChI=1S/C11H21NO3/c1-4-11(5-2)8-9(6-7-15-11)12-10(13)14-3/h9H,4-8H2,1-3H3,(H,12,13). The minimum atomic E-state index is -0.344. The van der Waals surface area contributed by atoms with Crippen LogP contribution in [0, 0.1) is 0 Å². The number of amides is 1. The van der Waals surface area contributed by atoms with E-state index in [9.17, 15) is 4.79 Å². The van der Waals surface area contributed by atoms with Crippen LogP contribution < -0.4 is 5.32 Å². The Balaban J connectivity index is 2.51. The van der Waals surface area contributed by atoms with Crippen molar-refractivity contribution in [1.29, 1.82) is 0 Å². The van der Waals surface area contributed by atoms with E-state index in [0.717, 1.165) is 32.3 Å². The predicted molar refractivity (Wildman–Crippen MR) is 57.8 cm³/mol. The molecule has 0 bridgehead atoms. The average Bonchev–Trinajstić information content (AvgIpc) is 2.29. The van der Waals surface area contributed by atoms with Crippen LogP contribution >= 0.6 is 0 Å². The molecule has 1 N–H and O–H groups in total. The highest BCUT2D eigenvalue weighted by Gasteiger charge is 2.35. The van der Waals surface area contributed by atoms with Gasteiger partial charge in [0.15, 0.2) is 0 Å². The van der Waals surface area contributed by atoms with Gasteiger partial charge in [-0.25, -0.2) is 4.79 Å². The predicted octanol–water partition coefficient (Wildman–Crippen LogP) is 2.08. The van der Waals surface area contributed by atoms with Gasteiger partial charge in [0.25, 0.3) is 0 Å². The molecule has 4 heteroatoms. The zero-order valence-electron chi connectivity index (χ0n) is 9.84. The van der Waals surface area contributed by atoms with Gasteiger partial charge in [-0.15, -0.1) is 0 Å². The molecule has 1 saturated heterocycles. The largest absolute Gasteiger partial charge is 0.453 e. The molecule has 0 saturated carbocycles. The van der Waals surface area contributed by atoms with Crippen LogP contribution in [0.15, 0.2) is 0 Å². The first-order chi connectivity index (χ1) is 7.15. The second kappa shape index (κ2) is 5.35. The number of carbonyl (C=O) groups excluding carboxylic acids is 1. The molecule has 1 heterocycles. The monoisotopic (exact) mass is 215 g/mol. The highest BCUT2D eigenvalue weighted by atomic mass is 16.5. The Labute approximate surface area is 91.3 Å². The summed E-state index contributed by atoms with van der Waals surface area (Å²) in [6.07, 6.45) is 3.39. The molecule has 0 aromatic rings. The first-order valence-corrected chi connectivity index (χ1v) is 5.64. The fraction of sp³-hybridized carbons (Fsp3) is 0.909. The number of ether oxygens (including phenoxy) is 2. The number of methoxy groups -OCH3 is 1. The number of hydrogen-bond donors (Lipinski definition) is 1. The average molecular weight is 215 g/mol. The number of nitrogens with one attached hydrogen (secondary N) is 1. The van der Waals surface area contributed by atoms with Gasteiger partial charge in [0.2, 0.25) is 0 Å². The fourth-order valence-electron chi connectivity index (χ4n) is 2.12. The normalized spacial score (nSPS) is 24.6. The van der Waals surface area contributed by atoms with Crippen molar-refractivity contribution in [2.24, 2.45) is 0 Å². The Morgan fingerprint density at radius 1 is 1.53 bits per heavy atom. The minimum Gasteiger partial charge on any atom is -0.453 e. The van der Waals surface area contributed by atoms with Gasteiger partial charge in [0.05, 0.1) is 12.7 Å². The van der Waals surface area contributed by atoms with Crippen LogP contribution in [0.4, 0.5) is 4.79 Å². The van der Waals surface area contributed by atoms with Crippen LogP contribution in [0.3, 0.4) is 0 Å². The third-order valence-corrected chi connectivity index (χ3v) is 3.29. The van der Waals surface area contributed by atoms with E-state index >= 15 is 0 Å². The first kappa shape index (κ1) is 12.3. The Hall–Kier alpha value is -0.770. The second-order valence-electron chi connectivity index (χ2n) is 4.06. The van der Waals surface area contributed by atoms with Gasteiger partial charge in [-0.3, -0.25) is 0 Å². The van der Waals surface area contributed by atoms with E-state index in [0.29, 0.717) is 0 Å². The molecule has 0 aliphatic carbocycles. The summed E-state index contributed by atoms with van der Waals surface area (Å²) in [7, 11) is 1.39. The molecular formula is C11H21NO3. The Kier molecular flexibility index (Phi) is 4.39. The Morgan fingerprint density at radius 2 is 2.20 bits per heavy atom. The summed E-state index contributed by atoms with van der Waals surface area (Å²) in [5, 5.41) is 2.85. The van der Waals surface area contributed by atoms with Crippen molar-refractivity contribution >= 4 is 6.09 Å². The fourth-order valence-corrected chi connectivity index (χ4v) is 2.12. The summed E-state index contributed by atoms with van der Waals surface area (Å²) in [4.78, 5) is 11.1. The molecule has 0 aromatic heterocycles. The number of alkyl carbamates (subject to hydrolysis) is 1. The molecule has 1 aliphatic rings. The third kappa shape index (κ3) is 3.09. The molecule has 15 heavy (non-hydrogen) atoms. The Morgan fingerprint density at radius 3 is 2.73 bits per heavy atom. The van der Waals surface area contributed by atoms with Crippen LogP contribution in [0.1, 0.15) is 39.5 Å². The summed E-state index contributed by atoms with van der Waals surface area (Å²) in [5.41, 5.74) is -0.0516. The maximum absolute atomic E-state index is 11.1. The topological polar surface area (TPSA) is 47.6 Å². The SMILES string of the molecule is CCC1(CC)CC(NC(=O)OC)CCO1. The number of rotatable bonds is 3. The van der Waals surface area contributed by atoms with Crippen molar-refractivity contribution in [2.45, 2.75) is 51.2 Å². The van der Waals surface area contributed by atoms with Crippen molar-refractivity contribution in [2.75, 3.05) is 13.7 Å². The lowest BCUT2D eigenvalue weighted by molar-refractivity contribution is -0.0921. The molecule has 1 fully saturated rings. The van der Waals surface area contributed by atoms with Crippen molar-refractivity contribution < 1.29 is 14.3 Å². The van der Waals surface area contributed by atoms with Crippen molar-refractivity contribution in [3.05, 3.63) is 0 Å². The summed E-state index contributed by atoms with van der Waals surface area (Å²) < 4.78 is 10.4. The smallest absolute Gasteiger partial charge is 0.407 e. The quantitative estimate of drug-likeness (QED) is 0.784. The second-order valence-corrected chi connectivity index (χ2v) is 4.06. The van der Waals surface area contributed by atoms with E-state index in [4.69, 9.17) is 4.74 Å². The molecule has 1 rings (SSSR count). The van der Waals surface area contributed by atoms with Crippen LogP contribution in [-0.4, -0.2) is 31.5 Å². The number of carbonyl (C=O) groups is 1. The highest BCUT2D eigenvalue weighted by molar-refractivity contribution is 5.67. The summed E-state index contributed by atoms with van der Waals surface area (Å²) in [6, 6.07) is 0.186. The number of hydrogen-bond acceptors (Lipinski definition) is 3. The van der Waals surface area contributed by atoms with Crippen LogP contribution in [-0.2, 0) is 9.47 Å². The zero-order chi connectivity index (χ0) is 11.3. The van der Waals surface area contributed by atoms with Crippen LogP contribution in [0.5, 0.6) is 0 Å². The summed E-state index contributed by atoms with van der Waals surface area (Å²) >= 11 is 0. The van der Waals surface area contributed by atoms with Gasteiger partial charge in [-0.2, -0.15) is 0 Å². The first-order valence-electron chi connectivity index (χ1n) is 5.64. The Bertz CT molecular complexity index is 214. The molecule has 1 aliphatic heterocycles. The van der Waals surface area contributed by atoms with E-state index in [1.807, 2.05) is 0 Å². The van der Waals surface area contributed by atoms with Gasteiger partial charge in [0.1, 0.15) is 0 Å². The highest BCUT2D eigenvalue weighted by Crippen LogP contribution is 2.31. The molecule has 1 atom stereocenters. The lowest BCUT2D eigenvalue weighted by atomic mass is 9.86. The lowest BCUT2D eigenvalue weighted by Gasteiger charge is -2.40. The van der Waals surface area contributed by atoms with Gasteiger partial charge in [-0.05, 0) is 25.7 Å². The molecule has 88 valence electrons.